The van der Waals surface area contributed by atoms with E-state index < -0.39 is 10.0 Å². The van der Waals surface area contributed by atoms with E-state index in [2.05, 4.69) is 41.4 Å². The lowest BCUT2D eigenvalue weighted by Gasteiger charge is -2.29. The fraction of sp³-hybridized carbons (Fsp3) is 0.455. The maximum atomic E-state index is 13.9. The number of carbonyl (C=O) groups excluding carboxylic acids is 2. The minimum atomic E-state index is -3.60. The first-order valence-electron chi connectivity index (χ1n) is 15.4. The SMILES string of the molecule is CC1CCN(S(=O)(=O)c2ccc(C(=O)Nc3sc4c(c3C(=O)N3CCCCC3)CCN(Cc3ccccc3)C4)cc2)CC1. The molecule has 0 radical (unpaired) electrons. The standard InChI is InChI=1S/C33H40N4O4S2/c1-24-14-20-37(21-15-24)43(40,41)27-12-10-26(11-13-27)31(38)34-32-30(33(39)36-17-6-3-7-18-36)28-16-19-35(23-29(28)42-32)22-25-8-4-2-5-9-25/h2,4-5,8-13,24H,3,6-7,14-23H2,1H3,(H,34,38). The fourth-order valence-corrected chi connectivity index (χ4v) is 9.08. The largest absolute Gasteiger partial charge is 0.339 e. The third-order valence-electron chi connectivity index (χ3n) is 8.97. The number of hydrogen-bond acceptors (Lipinski definition) is 6. The Hall–Kier alpha value is -3.05. The lowest BCUT2D eigenvalue weighted by molar-refractivity contribution is 0.0724. The molecule has 2 saturated heterocycles. The summed E-state index contributed by atoms with van der Waals surface area (Å²) in [4.78, 5) is 33.0. The number of fused-ring (bicyclic) bond motifs is 1. The van der Waals surface area contributed by atoms with Crippen molar-refractivity contribution in [3.05, 3.63) is 81.7 Å². The highest BCUT2D eigenvalue weighted by Gasteiger charge is 2.32. The maximum absolute atomic E-state index is 13.9. The summed E-state index contributed by atoms with van der Waals surface area (Å²) in [5, 5.41) is 3.64. The van der Waals surface area contributed by atoms with Crippen LogP contribution in [0.15, 0.2) is 59.5 Å². The van der Waals surface area contributed by atoms with Crippen LogP contribution in [0.5, 0.6) is 0 Å². The molecular formula is C33H40N4O4S2. The van der Waals surface area contributed by atoms with E-state index in [0.717, 1.165) is 81.7 Å². The monoisotopic (exact) mass is 620 g/mol. The van der Waals surface area contributed by atoms with Gasteiger partial charge in [-0.05, 0) is 79.8 Å². The molecule has 0 bridgehead atoms. The molecule has 2 fully saturated rings. The van der Waals surface area contributed by atoms with Gasteiger partial charge in [0.25, 0.3) is 11.8 Å². The van der Waals surface area contributed by atoms with Gasteiger partial charge in [-0.1, -0.05) is 37.3 Å². The molecule has 3 aliphatic heterocycles. The van der Waals surface area contributed by atoms with Gasteiger partial charge in [0.1, 0.15) is 5.00 Å². The second-order valence-electron chi connectivity index (χ2n) is 12.1. The number of anilines is 1. The maximum Gasteiger partial charge on any atom is 0.257 e. The number of benzene rings is 2. The zero-order valence-electron chi connectivity index (χ0n) is 24.8. The Morgan fingerprint density at radius 1 is 0.907 bits per heavy atom. The average molecular weight is 621 g/mol. The summed E-state index contributed by atoms with van der Waals surface area (Å²) < 4.78 is 27.9. The van der Waals surface area contributed by atoms with Crippen LogP contribution in [0.1, 0.15) is 75.7 Å². The van der Waals surface area contributed by atoms with Crippen molar-refractivity contribution in [3.63, 3.8) is 0 Å². The van der Waals surface area contributed by atoms with Crippen molar-refractivity contribution in [1.82, 2.24) is 14.1 Å². The van der Waals surface area contributed by atoms with E-state index in [0.29, 0.717) is 35.1 Å². The number of piperidine rings is 2. The summed E-state index contributed by atoms with van der Waals surface area (Å²) in [6, 6.07) is 16.5. The molecule has 4 heterocycles. The Kier molecular flexibility index (Phi) is 9.00. The first-order chi connectivity index (χ1) is 20.8. The van der Waals surface area contributed by atoms with Crippen LogP contribution in [-0.2, 0) is 29.5 Å². The van der Waals surface area contributed by atoms with Gasteiger partial charge in [-0.3, -0.25) is 14.5 Å². The van der Waals surface area contributed by atoms with Crippen molar-refractivity contribution in [2.45, 2.75) is 63.4 Å². The van der Waals surface area contributed by atoms with E-state index in [1.165, 1.54) is 33.3 Å². The summed E-state index contributed by atoms with van der Waals surface area (Å²) >= 11 is 1.49. The molecule has 0 atom stereocenters. The first kappa shape index (κ1) is 30.0. The van der Waals surface area contributed by atoms with Gasteiger partial charge in [-0.2, -0.15) is 4.31 Å². The summed E-state index contributed by atoms with van der Waals surface area (Å²) in [6.07, 6.45) is 5.59. The zero-order chi connectivity index (χ0) is 30.0. The van der Waals surface area contributed by atoms with Crippen LogP contribution in [0.25, 0.3) is 0 Å². The summed E-state index contributed by atoms with van der Waals surface area (Å²) in [5.41, 5.74) is 3.30. The molecule has 0 unspecified atom stereocenters. The molecule has 0 spiro atoms. The third kappa shape index (κ3) is 6.57. The van der Waals surface area contributed by atoms with Crippen molar-refractivity contribution in [1.29, 1.82) is 0 Å². The quantitative estimate of drug-likeness (QED) is 0.371. The number of nitrogens with one attached hydrogen (secondary N) is 1. The van der Waals surface area contributed by atoms with Gasteiger partial charge in [-0.25, -0.2) is 8.42 Å². The molecule has 8 nitrogen and oxygen atoms in total. The normalized spacial score (nSPS) is 18.8. The number of hydrogen-bond donors (Lipinski definition) is 1. The first-order valence-corrected chi connectivity index (χ1v) is 17.7. The fourth-order valence-electron chi connectivity index (χ4n) is 6.33. The van der Waals surface area contributed by atoms with Crippen LogP contribution in [-0.4, -0.2) is 67.1 Å². The lowest BCUT2D eigenvalue weighted by atomic mass is 10.00. The van der Waals surface area contributed by atoms with Crippen LogP contribution in [0.4, 0.5) is 5.00 Å². The molecule has 3 aliphatic rings. The highest BCUT2D eigenvalue weighted by Crippen LogP contribution is 2.39. The smallest absolute Gasteiger partial charge is 0.257 e. The van der Waals surface area contributed by atoms with Gasteiger partial charge in [0.2, 0.25) is 10.0 Å². The van der Waals surface area contributed by atoms with E-state index in [1.54, 1.807) is 12.1 Å². The zero-order valence-corrected chi connectivity index (χ0v) is 26.4. The molecule has 1 aromatic heterocycles. The lowest BCUT2D eigenvalue weighted by Crippen LogP contribution is -2.37. The third-order valence-corrected chi connectivity index (χ3v) is 12.0. The Labute approximate surface area is 258 Å². The van der Waals surface area contributed by atoms with Crippen LogP contribution < -0.4 is 5.32 Å². The molecule has 1 N–H and O–H groups in total. The molecule has 3 aromatic rings. The summed E-state index contributed by atoms with van der Waals surface area (Å²) in [7, 11) is -3.60. The van der Waals surface area contributed by atoms with Crippen molar-refractivity contribution in [3.8, 4) is 0 Å². The molecular weight excluding hydrogens is 581 g/mol. The highest BCUT2D eigenvalue weighted by atomic mass is 32.2. The molecule has 2 amide bonds. The second-order valence-corrected chi connectivity index (χ2v) is 15.1. The van der Waals surface area contributed by atoms with Gasteiger partial charge in [0.15, 0.2) is 0 Å². The molecule has 6 rings (SSSR count). The minimum Gasteiger partial charge on any atom is -0.339 e. The van der Waals surface area contributed by atoms with Crippen LogP contribution in [0, 0.1) is 5.92 Å². The number of nitrogens with zero attached hydrogens (tertiary/aromatic N) is 3. The number of carbonyl (C=O) groups is 2. The number of likely N-dealkylation sites (tertiary alicyclic amines) is 1. The Morgan fingerprint density at radius 3 is 2.30 bits per heavy atom. The topological polar surface area (TPSA) is 90.0 Å². The molecule has 10 heteroatoms. The van der Waals surface area contributed by atoms with Crippen LogP contribution in [0.2, 0.25) is 0 Å². The van der Waals surface area contributed by atoms with E-state index >= 15 is 0 Å². The summed E-state index contributed by atoms with van der Waals surface area (Å²) in [5.74, 6) is 0.184. The van der Waals surface area contributed by atoms with E-state index in [-0.39, 0.29) is 16.7 Å². The van der Waals surface area contributed by atoms with Gasteiger partial charge in [-0.15, -0.1) is 11.3 Å². The predicted molar refractivity (Wildman–Crippen MR) is 170 cm³/mol. The molecule has 228 valence electrons. The average Bonchev–Trinajstić information content (AvgIpc) is 3.38. The van der Waals surface area contributed by atoms with Gasteiger partial charge in [0, 0.05) is 56.3 Å². The van der Waals surface area contributed by atoms with Crippen LogP contribution in [0.3, 0.4) is 0 Å². The minimum absolute atomic E-state index is 0.00120. The van der Waals surface area contributed by atoms with Crippen molar-refractivity contribution in [2.75, 3.05) is 38.0 Å². The van der Waals surface area contributed by atoms with Crippen molar-refractivity contribution >= 4 is 38.2 Å². The number of thiophene rings is 1. The Morgan fingerprint density at radius 2 is 1.60 bits per heavy atom. The van der Waals surface area contributed by atoms with Gasteiger partial charge >= 0.3 is 0 Å². The molecule has 2 aromatic carbocycles. The van der Waals surface area contributed by atoms with E-state index in [9.17, 15) is 18.0 Å². The predicted octanol–water partition coefficient (Wildman–Crippen LogP) is 5.61. The molecule has 43 heavy (non-hydrogen) atoms. The van der Waals surface area contributed by atoms with Gasteiger partial charge in [0.05, 0.1) is 10.5 Å². The van der Waals surface area contributed by atoms with E-state index in [4.69, 9.17) is 0 Å². The highest BCUT2D eigenvalue weighted by molar-refractivity contribution is 7.89. The number of rotatable bonds is 7. The Balaban J connectivity index is 1.22. The number of sulfonamides is 1. The molecule has 0 aliphatic carbocycles. The van der Waals surface area contributed by atoms with E-state index in [1.807, 2.05) is 11.0 Å². The van der Waals surface area contributed by atoms with Gasteiger partial charge < -0.3 is 10.2 Å². The molecule has 0 saturated carbocycles. The van der Waals surface area contributed by atoms with Crippen LogP contribution >= 0.6 is 11.3 Å². The second kappa shape index (κ2) is 12.9. The van der Waals surface area contributed by atoms with Crippen molar-refractivity contribution in [2.24, 2.45) is 5.92 Å². The summed E-state index contributed by atoms with van der Waals surface area (Å²) in [6.45, 7) is 7.07. The van der Waals surface area contributed by atoms with Crippen molar-refractivity contribution < 1.29 is 18.0 Å². The number of amides is 2. The Bertz CT molecular complexity index is 1560.